The molecule has 334 valence electrons. The van der Waals surface area contributed by atoms with Gasteiger partial charge in [-0.3, -0.25) is 0 Å². The first kappa shape index (κ1) is 42.2. The van der Waals surface area contributed by atoms with Crippen LogP contribution >= 0.6 is 0 Å². The molecule has 4 nitrogen and oxygen atoms in total. The van der Waals surface area contributed by atoms with E-state index < -0.39 is 0 Å². The number of para-hydroxylation sites is 3. The molecule has 0 heterocycles. The van der Waals surface area contributed by atoms with Gasteiger partial charge in [0.15, 0.2) is 0 Å². The van der Waals surface area contributed by atoms with Crippen molar-refractivity contribution in [2.75, 3.05) is 19.6 Å². The molecule has 11 aromatic rings. The van der Waals surface area contributed by atoms with Crippen molar-refractivity contribution in [2.24, 2.45) is 0 Å². The molecule has 70 heavy (non-hydrogen) atoms. The van der Waals surface area contributed by atoms with Crippen LogP contribution in [0, 0.1) is 0 Å². The zero-order valence-corrected chi connectivity index (χ0v) is 38.8. The van der Waals surface area contributed by atoms with Crippen molar-refractivity contribution in [2.45, 2.75) is 12.8 Å². The monoisotopic (exact) mass is 898 g/mol. The van der Waals surface area contributed by atoms with Gasteiger partial charge < -0.3 is 19.6 Å². The molecule has 11 aromatic carbocycles. The topological polar surface area (TPSA) is 13.0 Å². The Balaban J connectivity index is 0.957. The highest BCUT2D eigenvalue weighted by Crippen LogP contribution is 2.43. The van der Waals surface area contributed by atoms with Crippen molar-refractivity contribution in [3.8, 4) is 0 Å². The highest BCUT2D eigenvalue weighted by molar-refractivity contribution is 5.92. The molecule has 0 amide bonds. The first-order valence-corrected chi connectivity index (χ1v) is 24.1. The fourth-order valence-electron chi connectivity index (χ4n) is 10.0. The molecule has 0 N–H and O–H groups in total. The lowest BCUT2D eigenvalue weighted by atomic mass is 10.0. The molecular formula is C66H50N4. The van der Waals surface area contributed by atoms with E-state index in [4.69, 9.17) is 0 Å². The van der Waals surface area contributed by atoms with Crippen molar-refractivity contribution in [3.63, 3.8) is 0 Å². The zero-order chi connectivity index (χ0) is 46.6. The minimum absolute atomic E-state index is 0.840. The molecule has 0 radical (unpaired) electrons. The predicted molar refractivity (Wildman–Crippen MR) is 297 cm³/mol. The predicted octanol–water partition coefficient (Wildman–Crippen LogP) is 18.6. The van der Waals surface area contributed by atoms with E-state index in [1.165, 1.54) is 43.7 Å². The summed E-state index contributed by atoms with van der Waals surface area (Å²) < 4.78 is 0. The Bertz CT molecular complexity index is 3490. The number of allylic oxidation sites excluding steroid dienone is 4. The molecule has 0 aliphatic heterocycles. The molecule has 1 aliphatic rings. The van der Waals surface area contributed by atoms with E-state index in [2.05, 4.69) is 299 Å². The van der Waals surface area contributed by atoms with E-state index in [9.17, 15) is 0 Å². The normalized spacial score (nSPS) is 12.3. The van der Waals surface area contributed by atoms with Crippen LogP contribution in [0.1, 0.15) is 12.8 Å². The van der Waals surface area contributed by atoms with E-state index in [0.29, 0.717) is 0 Å². The summed E-state index contributed by atoms with van der Waals surface area (Å²) in [6.45, 7) is 0. The molecule has 0 saturated heterocycles. The number of nitrogens with zero attached hydrogens (tertiary/aromatic N) is 4. The van der Waals surface area contributed by atoms with E-state index >= 15 is 0 Å². The molecule has 0 bridgehead atoms. The largest absolute Gasteiger partial charge is 0.314 e. The summed E-state index contributed by atoms with van der Waals surface area (Å²) >= 11 is 0. The third-order valence-electron chi connectivity index (χ3n) is 13.4. The standard InChI is InChI=1S/C66H50N4/c1-4-22-55(23-5-1)68(64-31-28-49-16-10-13-19-52(49)46-64)61-40-34-58(35-41-61)67(59-36-42-62(43-37-59)69(56-24-6-2-7-25-56)65-32-29-50-17-11-14-20-53(50)47-65)60-38-44-63(45-39-60)70(57-26-8-3-9-27-57)66-33-30-51-18-12-15-21-54(51)48-66/h1-38,40-44,46-48H,39,45H2. The van der Waals surface area contributed by atoms with Crippen molar-refractivity contribution >= 4 is 89.2 Å². The number of benzene rings is 11. The third kappa shape index (κ3) is 8.44. The van der Waals surface area contributed by atoms with Gasteiger partial charge in [-0.05, 0) is 179 Å². The van der Waals surface area contributed by atoms with E-state index in [1.807, 2.05) is 0 Å². The lowest BCUT2D eigenvalue weighted by Crippen LogP contribution is -2.22. The van der Waals surface area contributed by atoms with Gasteiger partial charge in [0.05, 0.1) is 0 Å². The Morgan fingerprint density at radius 1 is 0.186 bits per heavy atom. The molecule has 0 saturated carbocycles. The van der Waals surface area contributed by atoms with Gasteiger partial charge in [-0.2, -0.15) is 0 Å². The van der Waals surface area contributed by atoms with Crippen molar-refractivity contribution in [1.82, 2.24) is 0 Å². The number of rotatable bonds is 12. The van der Waals surface area contributed by atoms with Crippen LogP contribution in [0.3, 0.4) is 0 Å². The van der Waals surface area contributed by atoms with Crippen molar-refractivity contribution in [3.05, 3.63) is 290 Å². The van der Waals surface area contributed by atoms with Gasteiger partial charge in [0.2, 0.25) is 0 Å². The average molecular weight is 899 g/mol. The Morgan fingerprint density at radius 2 is 0.414 bits per heavy atom. The number of anilines is 10. The fourth-order valence-corrected chi connectivity index (χ4v) is 10.0. The second kappa shape index (κ2) is 18.9. The van der Waals surface area contributed by atoms with Gasteiger partial charge in [0.1, 0.15) is 0 Å². The van der Waals surface area contributed by atoms with Gasteiger partial charge in [0, 0.05) is 68.3 Å². The van der Waals surface area contributed by atoms with Crippen LogP contribution < -0.4 is 19.6 Å². The minimum atomic E-state index is 0.840. The third-order valence-corrected chi connectivity index (χ3v) is 13.4. The number of hydrogen-bond donors (Lipinski definition) is 0. The lowest BCUT2D eigenvalue weighted by molar-refractivity contribution is 0.851. The van der Waals surface area contributed by atoms with Crippen LogP contribution in [-0.4, -0.2) is 0 Å². The smallest absolute Gasteiger partial charge is 0.0468 e. The number of hydrogen-bond acceptors (Lipinski definition) is 4. The van der Waals surface area contributed by atoms with E-state index in [-0.39, 0.29) is 0 Å². The molecule has 0 fully saturated rings. The summed E-state index contributed by atoms with van der Waals surface area (Å²) in [7, 11) is 0. The Kier molecular flexibility index (Phi) is 11.4. The Morgan fingerprint density at radius 3 is 0.743 bits per heavy atom. The molecule has 0 atom stereocenters. The van der Waals surface area contributed by atoms with Gasteiger partial charge in [-0.15, -0.1) is 0 Å². The Labute approximate surface area is 410 Å². The first-order valence-electron chi connectivity index (χ1n) is 24.1. The molecule has 4 heteroatoms. The minimum Gasteiger partial charge on any atom is -0.314 e. The highest BCUT2D eigenvalue weighted by atomic mass is 15.2. The summed E-state index contributed by atoms with van der Waals surface area (Å²) in [4.78, 5) is 9.55. The fraction of sp³-hybridized carbons (Fsp3) is 0.0303. The van der Waals surface area contributed by atoms with Gasteiger partial charge in [-0.1, -0.05) is 146 Å². The quantitative estimate of drug-likeness (QED) is 0.121. The second-order valence-electron chi connectivity index (χ2n) is 17.8. The van der Waals surface area contributed by atoms with Crippen LogP contribution in [-0.2, 0) is 0 Å². The van der Waals surface area contributed by atoms with E-state index in [0.717, 1.165) is 69.7 Å². The average Bonchev–Trinajstić information content (AvgIpc) is 3.43. The van der Waals surface area contributed by atoms with Crippen LogP contribution in [0.2, 0.25) is 0 Å². The first-order chi connectivity index (χ1) is 34.7. The van der Waals surface area contributed by atoms with Crippen molar-refractivity contribution in [1.29, 1.82) is 0 Å². The summed E-state index contributed by atoms with van der Waals surface area (Å²) in [6, 6.07) is 96.2. The highest BCUT2D eigenvalue weighted by Gasteiger charge is 2.24. The van der Waals surface area contributed by atoms with Gasteiger partial charge >= 0.3 is 0 Å². The zero-order valence-electron chi connectivity index (χ0n) is 38.8. The summed E-state index contributed by atoms with van der Waals surface area (Å²) in [5, 5.41) is 7.33. The van der Waals surface area contributed by atoms with Crippen LogP contribution in [0.5, 0.6) is 0 Å². The second-order valence-corrected chi connectivity index (χ2v) is 17.8. The lowest BCUT2D eigenvalue weighted by Gasteiger charge is -2.34. The molecule has 0 aromatic heterocycles. The van der Waals surface area contributed by atoms with Gasteiger partial charge in [0.25, 0.3) is 0 Å². The SMILES string of the molecule is C1=C(N(c2ccc(N(c3ccccc3)c3ccc4ccccc4c3)cc2)c2ccc(N(c3ccccc3)c3ccc4ccccc4c3)cc2)CCC(N(c2ccccc2)c2ccc3ccccc3c2)=C1. The molecule has 1 aliphatic carbocycles. The molecule has 12 rings (SSSR count). The summed E-state index contributed by atoms with van der Waals surface area (Å²) in [5.41, 5.74) is 13.6. The van der Waals surface area contributed by atoms with Crippen molar-refractivity contribution < 1.29 is 0 Å². The van der Waals surface area contributed by atoms with Crippen LogP contribution in [0.25, 0.3) is 32.3 Å². The maximum Gasteiger partial charge on any atom is 0.0468 e. The molecular weight excluding hydrogens is 849 g/mol. The Hall–Kier alpha value is -9.12. The maximum atomic E-state index is 2.44. The summed E-state index contributed by atoms with van der Waals surface area (Å²) in [5.74, 6) is 0. The summed E-state index contributed by atoms with van der Waals surface area (Å²) in [6.07, 6.45) is 6.35. The van der Waals surface area contributed by atoms with E-state index in [1.54, 1.807) is 0 Å². The van der Waals surface area contributed by atoms with Gasteiger partial charge in [-0.25, -0.2) is 0 Å². The molecule has 0 spiro atoms. The molecule has 0 unspecified atom stereocenters. The van der Waals surface area contributed by atoms with Crippen LogP contribution in [0.4, 0.5) is 56.9 Å². The number of fused-ring (bicyclic) bond motifs is 3. The van der Waals surface area contributed by atoms with Crippen LogP contribution in [0.15, 0.2) is 290 Å². The maximum absolute atomic E-state index is 2.44.